The molecule has 0 saturated carbocycles. The first kappa shape index (κ1) is 12.1. The van der Waals surface area contributed by atoms with Gasteiger partial charge in [0, 0.05) is 10.7 Å². The van der Waals surface area contributed by atoms with E-state index in [-0.39, 0.29) is 19.0 Å². The Balaban J connectivity index is 2.17. The molecule has 0 radical (unpaired) electrons. The molecular weight excluding hydrogens is 314 g/mol. The molecule has 1 aromatic heterocycles. The van der Waals surface area contributed by atoms with Gasteiger partial charge in [0.1, 0.15) is 12.4 Å². The van der Waals surface area contributed by atoms with Gasteiger partial charge in [0.25, 0.3) is 0 Å². The van der Waals surface area contributed by atoms with Crippen LogP contribution in [-0.4, -0.2) is 37.0 Å². The van der Waals surface area contributed by atoms with E-state index in [1.165, 1.54) is 12.3 Å². The number of halogens is 1. The van der Waals surface area contributed by atoms with Crippen molar-refractivity contribution in [1.82, 2.24) is 9.29 Å². The lowest BCUT2D eigenvalue weighted by atomic mass is 10.5. The van der Waals surface area contributed by atoms with Crippen molar-refractivity contribution in [3.63, 3.8) is 0 Å². The number of amides is 1. The zero-order valence-corrected chi connectivity index (χ0v) is 10.9. The molecule has 0 atom stereocenters. The van der Waals surface area contributed by atoms with Gasteiger partial charge in [-0.25, -0.2) is 14.5 Å². The Hall–Kier alpha value is -1.35. The van der Waals surface area contributed by atoms with Gasteiger partial charge in [0.05, 0.1) is 6.54 Å². The average molecular weight is 322 g/mol. The smallest absolute Gasteiger partial charge is 0.425 e. The lowest BCUT2D eigenvalue weighted by Gasteiger charge is -2.14. The van der Waals surface area contributed by atoms with Crippen LogP contribution >= 0.6 is 15.9 Å². The Labute approximate surface area is 106 Å². The molecule has 1 aromatic rings. The maximum atomic E-state index is 11.8. The highest BCUT2D eigenvalue weighted by Crippen LogP contribution is 2.15. The van der Waals surface area contributed by atoms with E-state index in [1.807, 2.05) is 0 Å². The van der Waals surface area contributed by atoms with Gasteiger partial charge in [0.15, 0.2) is 0 Å². The van der Waals surface area contributed by atoms with Gasteiger partial charge in [-0.1, -0.05) is 0 Å². The Morgan fingerprint density at radius 1 is 1.47 bits per heavy atom. The van der Waals surface area contributed by atoms with Crippen LogP contribution < -0.4 is 4.72 Å². The maximum Gasteiger partial charge on any atom is 0.425 e. The molecule has 0 aromatic carbocycles. The van der Waals surface area contributed by atoms with Crippen LogP contribution in [0.4, 0.5) is 10.6 Å². The highest BCUT2D eigenvalue weighted by atomic mass is 79.9. The van der Waals surface area contributed by atoms with Crippen LogP contribution in [0.5, 0.6) is 0 Å². The number of ether oxygens (including phenoxy) is 1. The van der Waals surface area contributed by atoms with Crippen LogP contribution in [0.15, 0.2) is 22.8 Å². The molecule has 1 saturated heterocycles. The number of nitrogens with one attached hydrogen (secondary N) is 1. The summed E-state index contributed by atoms with van der Waals surface area (Å²) >= 11 is 3.18. The standard InChI is InChI=1S/C8H8BrN3O4S/c9-6-1-2-7(10-5-6)11-17(14,15)12-3-4-16-8(12)13/h1-2,5H,3-4H2,(H,10,11). The Morgan fingerprint density at radius 2 is 2.24 bits per heavy atom. The van der Waals surface area contributed by atoms with Crippen molar-refractivity contribution in [2.24, 2.45) is 0 Å². The summed E-state index contributed by atoms with van der Waals surface area (Å²) in [5.74, 6) is 0.132. The van der Waals surface area contributed by atoms with E-state index < -0.39 is 16.3 Å². The third-order valence-electron chi connectivity index (χ3n) is 1.97. The van der Waals surface area contributed by atoms with Gasteiger partial charge in [-0.05, 0) is 28.1 Å². The monoisotopic (exact) mass is 321 g/mol. The minimum atomic E-state index is -3.94. The van der Waals surface area contributed by atoms with E-state index in [2.05, 4.69) is 30.4 Å². The predicted octanol–water partition coefficient (Wildman–Crippen LogP) is 0.953. The number of hydrogen-bond acceptors (Lipinski definition) is 5. The molecule has 0 aliphatic carbocycles. The number of rotatable bonds is 3. The molecule has 2 heterocycles. The average Bonchev–Trinajstić information content (AvgIpc) is 2.68. The van der Waals surface area contributed by atoms with E-state index in [0.29, 0.717) is 4.31 Å². The lowest BCUT2D eigenvalue weighted by molar-refractivity contribution is 0.170. The third kappa shape index (κ3) is 2.67. The van der Waals surface area contributed by atoms with Crippen LogP contribution in [0.1, 0.15) is 0 Å². The van der Waals surface area contributed by atoms with Gasteiger partial charge in [-0.2, -0.15) is 12.7 Å². The van der Waals surface area contributed by atoms with E-state index in [1.54, 1.807) is 6.07 Å². The third-order valence-corrected chi connectivity index (χ3v) is 3.82. The first-order valence-corrected chi connectivity index (χ1v) is 6.81. The molecule has 1 fully saturated rings. The summed E-state index contributed by atoms with van der Waals surface area (Å²) in [6.07, 6.45) is 0.565. The van der Waals surface area contributed by atoms with E-state index in [4.69, 9.17) is 0 Å². The summed E-state index contributed by atoms with van der Waals surface area (Å²) in [5.41, 5.74) is 0. The fraction of sp³-hybridized carbons (Fsp3) is 0.250. The number of cyclic esters (lactones) is 1. The fourth-order valence-electron chi connectivity index (χ4n) is 1.22. The molecule has 1 amide bonds. The number of pyridine rings is 1. The highest BCUT2D eigenvalue weighted by molar-refractivity contribution is 9.10. The number of carbonyl (C=O) groups excluding carboxylic acids is 1. The molecule has 0 unspecified atom stereocenters. The predicted molar refractivity (Wildman–Crippen MR) is 62.5 cm³/mol. The summed E-state index contributed by atoms with van der Waals surface area (Å²) in [4.78, 5) is 15.0. The maximum absolute atomic E-state index is 11.8. The van der Waals surface area contributed by atoms with Gasteiger partial charge >= 0.3 is 16.3 Å². The van der Waals surface area contributed by atoms with Gasteiger partial charge in [-0.3, -0.25) is 0 Å². The molecule has 9 heteroatoms. The molecule has 1 aliphatic heterocycles. The number of anilines is 1. The summed E-state index contributed by atoms with van der Waals surface area (Å²) in [6, 6.07) is 3.11. The molecule has 17 heavy (non-hydrogen) atoms. The summed E-state index contributed by atoms with van der Waals surface area (Å²) in [6.45, 7) is 0.0677. The zero-order chi connectivity index (χ0) is 12.5. The lowest BCUT2D eigenvalue weighted by Crippen LogP contribution is -2.36. The SMILES string of the molecule is O=C1OCCN1S(=O)(=O)Nc1ccc(Br)cn1. The molecule has 92 valence electrons. The van der Waals surface area contributed by atoms with Gasteiger partial charge in [0.2, 0.25) is 0 Å². The zero-order valence-electron chi connectivity index (χ0n) is 8.46. The number of hydrogen-bond donors (Lipinski definition) is 1. The first-order chi connectivity index (χ1) is 7.99. The van der Waals surface area contributed by atoms with Crippen LogP contribution in [0.3, 0.4) is 0 Å². The van der Waals surface area contributed by atoms with Crippen LogP contribution in [-0.2, 0) is 14.9 Å². The first-order valence-electron chi connectivity index (χ1n) is 4.58. The van der Waals surface area contributed by atoms with Crippen LogP contribution in [0.2, 0.25) is 0 Å². The fourth-order valence-corrected chi connectivity index (χ4v) is 2.51. The van der Waals surface area contributed by atoms with E-state index in [9.17, 15) is 13.2 Å². The highest BCUT2D eigenvalue weighted by Gasteiger charge is 2.33. The second-order valence-electron chi connectivity index (χ2n) is 3.16. The Kier molecular flexibility index (Phi) is 3.20. The number of nitrogens with zero attached hydrogens (tertiary/aromatic N) is 2. The van der Waals surface area contributed by atoms with Crippen molar-refractivity contribution in [3.05, 3.63) is 22.8 Å². The van der Waals surface area contributed by atoms with Crippen molar-refractivity contribution in [2.45, 2.75) is 0 Å². The van der Waals surface area contributed by atoms with Crippen molar-refractivity contribution in [1.29, 1.82) is 0 Å². The van der Waals surface area contributed by atoms with E-state index >= 15 is 0 Å². The molecule has 0 spiro atoms. The Morgan fingerprint density at radius 3 is 2.76 bits per heavy atom. The number of aromatic nitrogens is 1. The minimum Gasteiger partial charge on any atom is -0.447 e. The van der Waals surface area contributed by atoms with Crippen LogP contribution in [0, 0.1) is 0 Å². The van der Waals surface area contributed by atoms with Crippen LogP contribution in [0.25, 0.3) is 0 Å². The molecule has 1 N–H and O–H groups in total. The summed E-state index contributed by atoms with van der Waals surface area (Å²) in [7, 11) is -3.94. The Bertz CT molecular complexity index is 530. The second kappa shape index (κ2) is 4.49. The van der Waals surface area contributed by atoms with Crippen molar-refractivity contribution in [3.8, 4) is 0 Å². The van der Waals surface area contributed by atoms with Crippen molar-refractivity contribution >= 4 is 38.1 Å². The van der Waals surface area contributed by atoms with Gasteiger partial charge < -0.3 is 4.74 Å². The van der Waals surface area contributed by atoms with Crippen molar-refractivity contribution in [2.75, 3.05) is 17.9 Å². The molecule has 0 bridgehead atoms. The largest absolute Gasteiger partial charge is 0.447 e. The topological polar surface area (TPSA) is 88.6 Å². The normalized spacial score (nSPS) is 15.8. The molecule has 7 nitrogen and oxygen atoms in total. The minimum absolute atomic E-state index is 0.00466. The molecule has 1 aliphatic rings. The van der Waals surface area contributed by atoms with Crippen molar-refractivity contribution < 1.29 is 17.9 Å². The van der Waals surface area contributed by atoms with Gasteiger partial charge in [-0.15, -0.1) is 0 Å². The van der Waals surface area contributed by atoms with E-state index in [0.717, 1.165) is 4.47 Å². The quantitative estimate of drug-likeness (QED) is 0.895. The molecule has 2 rings (SSSR count). The number of carbonyl (C=O) groups is 1. The summed E-state index contributed by atoms with van der Waals surface area (Å²) in [5, 5.41) is 0. The summed E-state index contributed by atoms with van der Waals surface area (Å²) < 4.78 is 31.6. The molecular formula is C8H8BrN3O4S. The second-order valence-corrected chi connectivity index (χ2v) is 5.67.